The standard InChI is InChI=1S/C28H43N3O4/c1-9-13-18-29-25(32)24(22-16-14-21(12-4)15-17-22)31(19-10-2)26(33)23(20(5)11-3)30-27(34)35-28(6,7)8/h4,14-17,20,23-24H,9-11,13,18-19H2,1-3,5-8H3,(H,29,32)(H,30,34). The zero-order chi connectivity index (χ0) is 26.6. The molecule has 0 fully saturated rings. The SMILES string of the molecule is C#Cc1ccc(C(C(=O)NCCCC)N(CCC)C(=O)C(NC(=O)OC(C)(C)C)C(C)CC)cc1. The van der Waals surface area contributed by atoms with Crippen molar-refractivity contribution in [2.75, 3.05) is 13.1 Å². The zero-order valence-electron chi connectivity index (χ0n) is 22.4. The first-order valence-corrected chi connectivity index (χ1v) is 12.6. The summed E-state index contributed by atoms with van der Waals surface area (Å²) < 4.78 is 5.42. The molecule has 3 atom stereocenters. The summed E-state index contributed by atoms with van der Waals surface area (Å²) in [5.41, 5.74) is 0.660. The second-order valence-electron chi connectivity index (χ2n) is 9.85. The average molecular weight is 486 g/mol. The van der Waals surface area contributed by atoms with E-state index in [1.807, 2.05) is 27.7 Å². The van der Waals surface area contributed by atoms with Crippen molar-refractivity contribution in [3.63, 3.8) is 0 Å². The fourth-order valence-corrected chi connectivity index (χ4v) is 3.62. The number of benzene rings is 1. The monoisotopic (exact) mass is 485 g/mol. The Kier molecular flexibility index (Phi) is 12.4. The minimum atomic E-state index is -0.849. The molecule has 35 heavy (non-hydrogen) atoms. The first-order chi connectivity index (χ1) is 16.5. The first kappa shape index (κ1) is 30.0. The van der Waals surface area contributed by atoms with Crippen LogP contribution in [-0.2, 0) is 14.3 Å². The van der Waals surface area contributed by atoms with Crippen LogP contribution in [0.5, 0.6) is 0 Å². The summed E-state index contributed by atoms with van der Waals surface area (Å²) in [5.74, 6) is 1.84. The van der Waals surface area contributed by atoms with E-state index in [9.17, 15) is 14.4 Å². The highest BCUT2D eigenvalue weighted by atomic mass is 16.6. The average Bonchev–Trinajstić information content (AvgIpc) is 2.80. The van der Waals surface area contributed by atoms with E-state index in [0.29, 0.717) is 37.1 Å². The molecule has 0 aliphatic carbocycles. The molecule has 0 spiro atoms. The fourth-order valence-electron chi connectivity index (χ4n) is 3.62. The number of ether oxygens (including phenoxy) is 1. The van der Waals surface area contributed by atoms with Crippen LogP contribution in [0, 0.1) is 18.3 Å². The van der Waals surface area contributed by atoms with E-state index in [4.69, 9.17) is 11.2 Å². The molecule has 1 rings (SSSR count). The number of hydrogen-bond donors (Lipinski definition) is 2. The molecule has 0 radical (unpaired) electrons. The molecule has 0 bridgehead atoms. The van der Waals surface area contributed by atoms with Crippen molar-refractivity contribution < 1.29 is 19.1 Å². The van der Waals surface area contributed by atoms with Gasteiger partial charge in [-0.05, 0) is 57.2 Å². The van der Waals surface area contributed by atoms with Crippen LogP contribution in [0.1, 0.15) is 91.3 Å². The normalized spacial score (nSPS) is 13.7. The summed E-state index contributed by atoms with van der Waals surface area (Å²) in [7, 11) is 0. The Morgan fingerprint density at radius 3 is 2.20 bits per heavy atom. The zero-order valence-corrected chi connectivity index (χ0v) is 22.4. The molecule has 2 N–H and O–H groups in total. The summed E-state index contributed by atoms with van der Waals surface area (Å²) in [6, 6.07) is 5.42. The highest BCUT2D eigenvalue weighted by molar-refractivity contribution is 5.92. The van der Waals surface area contributed by atoms with Crippen molar-refractivity contribution in [1.82, 2.24) is 15.5 Å². The van der Waals surface area contributed by atoms with Crippen LogP contribution < -0.4 is 10.6 Å². The third-order valence-electron chi connectivity index (χ3n) is 5.68. The van der Waals surface area contributed by atoms with Gasteiger partial charge in [0.05, 0.1) is 0 Å². The van der Waals surface area contributed by atoms with E-state index in [-0.39, 0.29) is 17.7 Å². The largest absolute Gasteiger partial charge is 0.444 e. The lowest BCUT2D eigenvalue weighted by molar-refractivity contribution is -0.143. The predicted octanol–water partition coefficient (Wildman–Crippen LogP) is 4.80. The highest BCUT2D eigenvalue weighted by Gasteiger charge is 2.37. The maximum absolute atomic E-state index is 14.0. The van der Waals surface area contributed by atoms with E-state index in [2.05, 4.69) is 16.6 Å². The molecule has 0 heterocycles. The summed E-state index contributed by atoms with van der Waals surface area (Å²) >= 11 is 0. The molecule has 0 saturated heterocycles. The predicted molar refractivity (Wildman–Crippen MR) is 140 cm³/mol. The minimum Gasteiger partial charge on any atom is -0.444 e. The number of carbonyl (C=O) groups excluding carboxylic acids is 3. The van der Waals surface area contributed by atoms with Crippen LogP contribution in [0.2, 0.25) is 0 Å². The second-order valence-corrected chi connectivity index (χ2v) is 9.85. The summed E-state index contributed by atoms with van der Waals surface area (Å²) in [5, 5.41) is 5.74. The molecule has 1 aromatic carbocycles. The number of terminal acetylenes is 1. The quantitative estimate of drug-likeness (QED) is 0.329. The maximum atomic E-state index is 14.0. The van der Waals surface area contributed by atoms with Gasteiger partial charge in [0.1, 0.15) is 17.7 Å². The number of nitrogens with zero attached hydrogens (tertiary/aromatic N) is 1. The van der Waals surface area contributed by atoms with Gasteiger partial charge in [-0.2, -0.15) is 0 Å². The topological polar surface area (TPSA) is 87.7 Å². The highest BCUT2D eigenvalue weighted by Crippen LogP contribution is 2.25. The molecular weight excluding hydrogens is 442 g/mol. The van der Waals surface area contributed by atoms with E-state index in [0.717, 1.165) is 12.8 Å². The molecule has 7 heteroatoms. The van der Waals surface area contributed by atoms with Gasteiger partial charge in [0.25, 0.3) is 0 Å². The lowest BCUT2D eigenvalue weighted by atomic mass is 9.95. The number of hydrogen-bond acceptors (Lipinski definition) is 4. The van der Waals surface area contributed by atoms with Gasteiger partial charge in [-0.1, -0.05) is 58.6 Å². The van der Waals surface area contributed by atoms with Crippen molar-refractivity contribution >= 4 is 17.9 Å². The molecule has 194 valence electrons. The van der Waals surface area contributed by atoms with Crippen LogP contribution in [0.25, 0.3) is 0 Å². The molecule has 0 aliphatic heterocycles. The van der Waals surface area contributed by atoms with Crippen molar-refractivity contribution in [3.05, 3.63) is 35.4 Å². The molecule has 0 aliphatic rings. The van der Waals surface area contributed by atoms with E-state index < -0.39 is 23.8 Å². The molecule has 3 unspecified atom stereocenters. The van der Waals surface area contributed by atoms with Gasteiger partial charge in [-0.3, -0.25) is 9.59 Å². The Labute approximate surface area is 211 Å². The number of nitrogens with one attached hydrogen (secondary N) is 2. The van der Waals surface area contributed by atoms with Gasteiger partial charge in [-0.25, -0.2) is 4.79 Å². The van der Waals surface area contributed by atoms with Crippen LogP contribution in [0.4, 0.5) is 4.79 Å². The van der Waals surface area contributed by atoms with Crippen LogP contribution in [-0.4, -0.2) is 47.5 Å². The third-order valence-corrected chi connectivity index (χ3v) is 5.68. The van der Waals surface area contributed by atoms with Gasteiger partial charge in [0.15, 0.2) is 0 Å². The number of amides is 3. The number of alkyl carbamates (subject to hydrolysis) is 1. The maximum Gasteiger partial charge on any atom is 0.408 e. The Hall–Kier alpha value is -3.01. The Bertz CT molecular complexity index is 868. The molecule has 0 saturated carbocycles. The number of carbonyl (C=O) groups is 3. The summed E-state index contributed by atoms with van der Waals surface area (Å²) in [6.45, 7) is 14.0. The van der Waals surface area contributed by atoms with Gasteiger partial charge in [0.2, 0.25) is 11.8 Å². The van der Waals surface area contributed by atoms with E-state index in [1.54, 1.807) is 49.9 Å². The fraction of sp³-hybridized carbons (Fsp3) is 0.607. The smallest absolute Gasteiger partial charge is 0.408 e. The lowest BCUT2D eigenvalue weighted by Gasteiger charge is -2.36. The van der Waals surface area contributed by atoms with E-state index >= 15 is 0 Å². The van der Waals surface area contributed by atoms with Crippen molar-refractivity contribution in [2.45, 2.75) is 91.8 Å². The van der Waals surface area contributed by atoms with Crippen molar-refractivity contribution in [3.8, 4) is 12.3 Å². The molecule has 0 aromatic heterocycles. The van der Waals surface area contributed by atoms with Crippen LogP contribution in [0.3, 0.4) is 0 Å². The lowest BCUT2D eigenvalue weighted by Crippen LogP contribution is -2.55. The van der Waals surface area contributed by atoms with Gasteiger partial charge in [0, 0.05) is 18.7 Å². The summed E-state index contributed by atoms with van der Waals surface area (Å²) in [4.78, 5) is 41.5. The Morgan fingerprint density at radius 2 is 1.71 bits per heavy atom. The van der Waals surface area contributed by atoms with Gasteiger partial charge < -0.3 is 20.3 Å². The summed E-state index contributed by atoms with van der Waals surface area (Å²) in [6.07, 6.45) is 7.94. The Balaban J connectivity index is 3.42. The van der Waals surface area contributed by atoms with Crippen molar-refractivity contribution in [1.29, 1.82) is 0 Å². The minimum absolute atomic E-state index is 0.165. The van der Waals surface area contributed by atoms with Gasteiger partial charge in [-0.15, -0.1) is 6.42 Å². The van der Waals surface area contributed by atoms with Crippen molar-refractivity contribution in [2.24, 2.45) is 5.92 Å². The number of rotatable bonds is 12. The molecule has 1 aromatic rings. The third kappa shape index (κ3) is 9.64. The van der Waals surface area contributed by atoms with Crippen LogP contribution >= 0.6 is 0 Å². The number of unbranched alkanes of at least 4 members (excludes halogenated alkanes) is 1. The molecular formula is C28H43N3O4. The first-order valence-electron chi connectivity index (χ1n) is 12.6. The molecule has 3 amide bonds. The van der Waals surface area contributed by atoms with Crippen LogP contribution in [0.15, 0.2) is 24.3 Å². The van der Waals surface area contributed by atoms with E-state index in [1.165, 1.54) is 0 Å². The molecule has 7 nitrogen and oxygen atoms in total. The second kappa shape index (κ2) is 14.4. The van der Waals surface area contributed by atoms with Gasteiger partial charge >= 0.3 is 6.09 Å². The Morgan fingerprint density at radius 1 is 1.09 bits per heavy atom.